The van der Waals surface area contributed by atoms with Crippen molar-refractivity contribution in [3.8, 4) is 11.4 Å². The minimum atomic E-state index is 0.378. The molecule has 3 aromatic rings. The van der Waals surface area contributed by atoms with Crippen molar-refractivity contribution in [3.05, 3.63) is 54.9 Å². The van der Waals surface area contributed by atoms with Crippen molar-refractivity contribution < 1.29 is 0 Å². The summed E-state index contributed by atoms with van der Waals surface area (Å²) >= 11 is 0. The van der Waals surface area contributed by atoms with Crippen LogP contribution in [-0.4, -0.2) is 26.0 Å². The molecule has 144 valence electrons. The minimum Gasteiger partial charge on any atom is -0.351 e. The second kappa shape index (κ2) is 8.33. The first kappa shape index (κ1) is 18.3. The van der Waals surface area contributed by atoms with Gasteiger partial charge in [-0.15, -0.1) is 0 Å². The Labute approximate surface area is 165 Å². The van der Waals surface area contributed by atoms with Gasteiger partial charge in [-0.3, -0.25) is 4.98 Å². The molecular weight excluding hydrogens is 348 g/mol. The van der Waals surface area contributed by atoms with E-state index in [1.807, 2.05) is 42.5 Å². The van der Waals surface area contributed by atoms with Crippen molar-refractivity contribution in [3.63, 3.8) is 0 Å². The van der Waals surface area contributed by atoms with Gasteiger partial charge in [0, 0.05) is 29.7 Å². The highest BCUT2D eigenvalue weighted by Crippen LogP contribution is 2.30. The summed E-state index contributed by atoms with van der Waals surface area (Å²) in [5.41, 5.74) is 1.86. The fraction of sp³-hybridized carbons (Fsp3) is 0.364. The second-order valence-corrected chi connectivity index (χ2v) is 7.68. The first-order chi connectivity index (χ1) is 13.7. The molecule has 0 amide bonds. The van der Waals surface area contributed by atoms with Crippen LogP contribution in [0, 0.1) is 11.8 Å². The summed E-state index contributed by atoms with van der Waals surface area (Å²) in [5, 5.41) is 6.85. The predicted octanol–water partition coefficient (Wildman–Crippen LogP) is 4.91. The largest absolute Gasteiger partial charge is 0.351 e. The van der Waals surface area contributed by atoms with Gasteiger partial charge in [-0.25, -0.2) is 0 Å². The summed E-state index contributed by atoms with van der Waals surface area (Å²) in [6.45, 7) is 4.62. The lowest BCUT2D eigenvalue weighted by Crippen LogP contribution is -2.34. The Morgan fingerprint density at radius 2 is 1.61 bits per heavy atom. The fourth-order valence-electron chi connectivity index (χ4n) is 3.68. The Balaban J connectivity index is 1.65. The van der Waals surface area contributed by atoms with Gasteiger partial charge in [-0.1, -0.05) is 50.6 Å². The number of aromatic nitrogens is 4. The van der Waals surface area contributed by atoms with Gasteiger partial charge in [-0.05, 0) is 36.8 Å². The molecule has 1 fully saturated rings. The number of pyridine rings is 1. The first-order valence-electron chi connectivity index (χ1n) is 9.92. The van der Waals surface area contributed by atoms with Crippen LogP contribution in [0.3, 0.4) is 0 Å². The summed E-state index contributed by atoms with van der Waals surface area (Å²) in [6.07, 6.45) is 7.15. The Morgan fingerprint density at radius 3 is 2.39 bits per heavy atom. The predicted molar refractivity (Wildman–Crippen MR) is 112 cm³/mol. The summed E-state index contributed by atoms with van der Waals surface area (Å²) in [5.74, 6) is 3.13. The zero-order valence-corrected chi connectivity index (χ0v) is 16.3. The third-order valence-corrected chi connectivity index (χ3v) is 5.38. The van der Waals surface area contributed by atoms with Crippen molar-refractivity contribution in [2.75, 3.05) is 10.6 Å². The molecule has 0 radical (unpaired) electrons. The average molecular weight is 374 g/mol. The molecule has 0 spiro atoms. The Bertz CT molecular complexity index is 899. The smallest absolute Gasteiger partial charge is 0.232 e. The summed E-state index contributed by atoms with van der Waals surface area (Å²) in [7, 11) is 0. The molecule has 6 heteroatoms. The molecule has 2 aromatic heterocycles. The van der Waals surface area contributed by atoms with E-state index in [9.17, 15) is 0 Å². The van der Waals surface area contributed by atoms with Crippen LogP contribution in [0.15, 0.2) is 54.9 Å². The minimum absolute atomic E-state index is 0.378. The van der Waals surface area contributed by atoms with Gasteiger partial charge < -0.3 is 10.6 Å². The van der Waals surface area contributed by atoms with E-state index in [1.165, 1.54) is 12.8 Å². The van der Waals surface area contributed by atoms with Gasteiger partial charge in [0.25, 0.3) is 0 Å². The van der Waals surface area contributed by atoms with Crippen LogP contribution < -0.4 is 10.6 Å². The maximum absolute atomic E-state index is 4.71. The molecule has 28 heavy (non-hydrogen) atoms. The Hall–Kier alpha value is -3.02. The maximum atomic E-state index is 4.71. The lowest BCUT2D eigenvalue weighted by Gasteiger charge is -2.33. The van der Waals surface area contributed by atoms with Crippen LogP contribution in [-0.2, 0) is 0 Å². The lowest BCUT2D eigenvalue weighted by molar-refractivity contribution is 0.280. The van der Waals surface area contributed by atoms with Crippen molar-refractivity contribution in [2.45, 2.75) is 39.2 Å². The third kappa shape index (κ3) is 4.44. The summed E-state index contributed by atoms with van der Waals surface area (Å²) in [6, 6.07) is 14.2. The van der Waals surface area contributed by atoms with Crippen LogP contribution in [0.25, 0.3) is 11.4 Å². The van der Waals surface area contributed by atoms with E-state index in [-0.39, 0.29) is 0 Å². The molecule has 0 saturated heterocycles. The van der Waals surface area contributed by atoms with Crippen LogP contribution in [0.5, 0.6) is 0 Å². The van der Waals surface area contributed by atoms with Crippen LogP contribution in [0.4, 0.5) is 17.6 Å². The van der Waals surface area contributed by atoms with E-state index in [2.05, 4.69) is 39.4 Å². The van der Waals surface area contributed by atoms with Crippen molar-refractivity contribution in [1.29, 1.82) is 0 Å². The van der Waals surface area contributed by atoms with Gasteiger partial charge in [0.2, 0.25) is 11.9 Å². The van der Waals surface area contributed by atoms with E-state index in [1.54, 1.807) is 12.4 Å². The Morgan fingerprint density at radius 1 is 0.857 bits per heavy atom. The molecule has 0 unspecified atom stereocenters. The zero-order chi connectivity index (χ0) is 19.3. The number of hydrogen-bond donors (Lipinski definition) is 2. The normalized spacial score (nSPS) is 21.9. The molecule has 0 bridgehead atoms. The first-order valence-corrected chi connectivity index (χ1v) is 9.92. The van der Waals surface area contributed by atoms with Gasteiger partial charge in [0.15, 0.2) is 5.82 Å². The van der Waals surface area contributed by atoms with Crippen LogP contribution >= 0.6 is 0 Å². The highest BCUT2D eigenvalue weighted by Gasteiger charge is 2.26. The highest BCUT2D eigenvalue weighted by molar-refractivity contribution is 5.60. The average Bonchev–Trinajstić information content (AvgIpc) is 2.72. The topological polar surface area (TPSA) is 75.6 Å². The quantitative estimate of drug-likeness (QED) is 0.661. The van der Waals surface area contributed by atoms with E-state index in [0.29, 0.717) is 29.7 Å². The number of hydrogen-bond acceptors (Lipinski definition) is 6. The molecule has 4 rings (SSSR count). The molecule has 0 aliphatic heterocycles. The fourth-order valence-corrected chi connectivity index (χ4v) is 3.68. The van der Waals surface area contributed by atoms with Gasteiger partial charge in [0.1, 0.15) is 0 Å². The number of benzene rings is 1. The van der Waals surface area contributed by atoms with Crippen molar-refractivity contribution in [1.82, 2.24) is 19.9 Å². The van der Waals surface area contributed by atoms with Crippen LogP contribution in [0.1, 0.15) is 33.1 Å². The highest BCUT2D eigenvalue weighted by atomic mass is 15.2. The van der Waals surface area contributed by atoms with Crippen LogP contribution in [0.2, 0.25) is 0 Å². The van der Waals surface area contributed by atoms with Gasteiger partial charge in [0.05, 0.1) is 0 Å². The summed E-state index contributed by atoms with van der Waals surface area (Å²) in [4.78, 5) is 18.0. The van der Waals surface area contributed by atoms with E-state index < -0.39 is 0 Å². The van der Waals surface area contributed by atoms with Gasteiger partial charge >= 0.3 is 0 Å². The molecule has 6 nitrogen and oxygen atoms in total. The van der Waals surface area contributed by atoms with Crippen molar-refractivity contribution >= 4 is 17.6 Å². The number of anilines is 3. The molecule has 1 aromatic carbocycles. The summed E-state index contributed by atoms with van der Waals surface area (Å²) < 4.78 is 0. The molecule has 2 heterocycles. The molecule has 1 aliphatic carbocycles. The molecule has 2 N–H and O–H groups in total. The van der Waals surface area contributed by atoms with E-state index >= 15 is 0 Å². The molecule has 1 aliphatic rings. The molecular formula is C22H26N6. The zero-order valence-electron chi connectivity index (χ0n) is 16.3. The number of nitrogens with zero attached hydrogens (tertiary/aromatic N) is 4. The third-order valence-electron chi connectivity index (χ3n) is 5.38. The molecule has 1 saturated carbocycles. The van der Waals surface area contributed by atoms with Gasteiger partial charge in [-0.2, -0.15) is 15.0 Å². The Kier molecular flexibility index (Phi) is 5.46. The second-order valence-electron chi connectivity index (χ2n) is 7.68. The monoisotopic (exact) mass is 374 g/mol. The lowest BCUT2D eigenvalue weighted by atomic mass is 9.80. The number of nitrogens with one attached hydrogen (secondary N) is 2. The van der Waals surface area contributed by atoms with Crippen molar-refractivity contribution in [2.24, 2.45) is 11.8 Å². The standard InChI is InChI=1S/C22H26N6/c1-15-8-9-16(2)19(14-15)25-22-27-20(17-6-4-3-5-7-17)26-21(28-22)24-18-10-12-23-13-11-18/h3-7,10-13,15-16,19H,8-9,14H2,1-2H3,(H2,23,24,25,26,27,28)/t15-,16+,19+/m0/s1. The number of rotatable bonds is 5. The molecule has 3 atom stereocenters. The maximum Gasteiger partial charge on any atom is 0.232 e. The van der Waals surface area contributed by atoms with E-state index in [4.69, 9.17) is 4.98 Å². The van der Waals surface area contributed by atoms with E-state index in [0.717, 1.165) is 23.6 Å². The SMILES string of the molecule is C[C@H]1CC[C@@H](C)[C@H](Nc2nc(Nc3ccncc3)nc(-c3ccccc3)n2)C1.